The van der Waals surface area contributed by atoms with Gasteiger partial charge in [-0.1, -0.05) is 0 Å². The molecule has 0 saturated carbocycles. The van der Waals surface area contributed by atoms with Crippen LogP contribution in [0.1, 0.15) is 24.2 Å². The number of carbonyl (C=O) groups is 1. The number of nitrogens with zero attached hydrogens (tertiary/aromatic N) is 3. The second kappa shape index (κ2) is 10.3. The lowest BCUT2D eigenvalue weighted by Gasteiger charge is -2.34. The van der Waals surface area contributed by atoms with Gasteiger partial charge in [0.05, 0.1) is 22.0 Å². The van der Waals surface area contributed by atoms with Gasteiger partial charge in [0.15, 0.2) is 0 Å². The summed E-state index contributed by atoms with van der Waals surface area (Å²) < 4.78 is 60.2. The number of morpholine rings is 1. The summed E-state index contributed by atoms with van der Waals surface area (Å²) in [5.41, 5.74) is 0.611. The summed E-state index contributed by atoms with van der Waals surface area (Å²) in [5.74, 6) is -0.531. The average molecular weight is 532 g/mol. The van der Waals surface area contributed by atoms with E-state index in [0.29, 0.717) is 5.69 Å². The monoisotopic (exact) mass is 531 g/mol. The van der Waals surface area contributed by atoms with Gasteiger partial charge in [-0.25, -0.2) is 31.5 Å². The molecule has 1 amide bonds. The van der Waals surface area contributed by atoms with Crippen LogP contribution in [0.25, 0.3) is 0 Å². The fourth-order valence-electron chi connectivity index (χ4n) is 3.71. The van der Waals surface area contributed by atoms with Crippen LogP contribution in [-0.4, -0.2) is 62.3 Å². The van der Waals surface area contributed by atoms with Crippen molar-refractivity contribution in [2.45, 2.75) is 35.8 Å². The normalized spacial score (nSPS) is 18.9. The fraction of sp³-hybridized carbons (Fsp3) is 0.261. The van der Waals surface area contributed by atoms with Crippen LogP contribution in [0.5, 0.6) is 0 Å². The smallest absolute Gasteiger partial charge is 0.264 e. The Kier molecular flexibility index (Phi) is 7.36. The summed E-state index contributed by atoms with van der Waals surface area (Å²) in [5, 5.41) is 2.66. The molecule has 2 atom stereocenters. The molecule has 1 aliphatic heterocycles. The number of amides is 1. The fourth-order valence-corrected chi connectivity index (χ4v) is 6.25. The SMILES string of the molecule is C[C@@H]1CN(S(=O)(=O)c2ccc(C(=O)Nc3ccc(S(=O)(=O)Nc4ncccn4)cc3)cc2)C[C@H](C)O1. The lowest BCUT2D eigenvalue weighted by Crippen LogP contribution is -2.48. The topological polar surface area (TPSA) is 148 Å². The molecule has 4 rings (SSSR count). The molecule has 0 bridgehead atoms. The Morgan fingerprint density at radius 2 is 1.44 bits per heavy atom. The standard InChI is InChI=1S/C23H25N5O6S2/c1-16-14-28(15-17(2)34-16)36(32,33)21-8-4-18(5-9-21)22(29)26-19-6-10-20(11-7-19)35(30,31)27-23-24-12-3-13-25-23/h3-13,16-17H,14-15H2,1-2H3,(H,26,29)(H,24,25,27)/t16-,17+. The highest BCUT2D eigenvalue weighted by molar-refractivity contribution is 7.92. The zero-order valence-corrected chi connectivity index (χ0v) is 21.2. The maximum absolute atomic E-state index is 13.0. The average Bonchev–Trinajstić information content (AvgIpc) is 2.84. The summed E-state index contributed by atoms with van der Waals surface area (Å²) in [4.78, 5) is 20.4. The van der Waals surface area contributed by atoms with Crippen LogP contribution in [0, 0.1) is 0 Å². The molecule has 2 N–H and O–H groups in total. The summed E-state index contributed by atoms with van der Waals surface area (Å²) in [6.07, 6.45) is 2.40. The van der Waals surface area contributed by atoms with Crippen molar-refractivity contribution >= 4 is 37.6 Å². The number of nitrogens with one attached hydrogen (secondary N) is 2. The Bertz CT molecular complexity index is 1420. The molecule has 0 aliphatic carbocycles. The van der Waals surface area contributed by atoms with Gasteiger partial charge < -0.3 is 10.1 Å². The molecule has 190 valence electrons. The summed E-state index contributed by atoms with van der Waals surface area (Å²) in [7, 11) is -7.62. The van der Waals surface area contributed by atoms with Crippen LogP contribution >= 0.6 is 0 Å². The van der Waals surface area contributed by atoms with Crippen molar-refractivity contribution in [2.24, 2.45) is 0 Å². The molecule has 3 aromatic rings. The second-order valence-electron chi connectivity index (χ2n) is 8.26. The highest BCUT2D eigenvalue weighted by Gasteiger charge is 2.32. The predicted octanol–water partition coefficient (Wildman–Crippen LogP) is 2.33. The second-order valence-corrected chi connectivity index (χ2v) is 11.9. The maximum atomic E-state index is 13.0. The Morgan fingerprint density at radius 1 is 0.889 bits per heavy atom. The largest absolute Gasteiger partial charge is 0.373 e. The van der Waals surface area contributed by atoms with Gasteiger partial charge in [0.2, 0.25) is 16.0 Å². The first-order chi connectivity index (χ1) is 17.0. The molecular weight excluding hydrogens is 506 g/mol. The minimum atomic E-state index is -3.90. The molecule has 2 heterocycles. The number of rotatable bonds is 7. The minimum absolute atomic E-state index is 0.0331. The number of anilines is 2. The third-order valence-corrected chi connectivity index (χ3v) is 8.54. The number of benzene rings is 2. The van der Waals surface area contributed by atoms with E-state index in [0.717, 1.165) is 0 Å². The summed E-state index contributed by atoms with van der Waals surface area (Å²) in [6, 6.07) is 12.8. The van der Waals surface area contributed by atoms with Crippen LogP contribution in [0.15, 0.2) is 76.8 Å². The molecule has 2 aromatic carbocycles. The van der Waals surface area contributed by atoms with E-state index in [1.54, 1.807) is 6.07 Å². The van der Waals surface area contributed by atoms with Gasteiger partial charge in [-0.05, 0) is 68.4 Å². The van der Waals surface area contributed by atoms with Crippen LogP contribution in [0.4, 0.5) is 11.6 Å². The lowest BCUT2D eigenvalue weighted by molar-refractivity contribution is -0.0440. The Morgan fingerprint density at radius 3 is 2.03 bits per heavy atom. The van der Waals surface area contributed by atoms with E-state index in [1.165, 1.54) is 65.2 Å². The Labute approximate surface area is 209 Å². The van der Waals surface area contributed by atoms with Crippen molar-refractivity contribution in [3.63, 3.8) is 0 Å². The number of hydrogen-bond acceptors (Lipinski definition) is 8. The van der Waals surface area contributed by atoms with E-state index < -0.39 is 26.0 Å². The third-order valence-electron chi connectivity index (χ3n) is 5.35. The molecular formula is C23H25N5O6S2. The molecule has 11 nitrogen and oxygen atoms in total. The molecule has 0 spiro atoms. The number of carbonyl (C=O) groups excluding carboxylic acids is 1. The minimum Gasteiger partial charge on any atom is -0.373 e. The van der Waals surface area contributed by atoms with Crippen molar-refractivity contribution in [3.05, 3.63) is 72.6 Å². The number of sulfonamides is 2. The lowest BCUT2D eigenvalue weighted by atomic mass is 10.2. The van der Waals surface area contributed by atoms with Gasteiger partial charge in [-0.3, -0.25) is 4.79 Å². The number of aromatic nitrogens is 2. The third kappa shape index (κ3) is 5.87. The molecule has 0 unspecified atom stereocenters. The van der Waals surface area contributed by atoms with Crippen LogP contribution in [-0.2, 0) is 24.8 Å². The van der Waals surface area contributed by atoms with Crippen LogP contribution in [0.3, 0.4) is 0 Å². The van der Waals surface area contributed by atoms with Crippen molar-refractivity contribution in [2.75, 3.05) is 23.1 Å². The van der Waals surface area contributed by atoms with E-state index in [4.69, 9.17) is 4.74 Å². The number of ether oxygens (including phenoxy) is 1. The van der Waals surface area contributed by atoms with E-state index in [2.05, 4.69) is 20.0 Å². The first-order valence-electron chi connectivity index (χ1n) is 11.0. The van der Waals surface area contributed by atoms with Crippen molar-refractivity contribution < 1.29 is 26.4 Å². The van der Waals surface area contributed by atoms with Crippen molar-refractivity contribution in [1.82, 2.24) is 14.3 Å². The Hall–Kier alpha value is -3.39. The van der Waals surface area contributed by atoms with Gasteiger partial charge in [-0.15, -0.1) is 0 Å². The summed E-state index contributed by atoms with van der Waals surface area (Å²) >= 11 is 0. The van der Waals surface area contributed by atoms with Crippen molar-refractivity contribution in [3.8, 4) is 0 Å². The zero-order chi connectivity index (χ0) is 25.9. The molecule has 36 heavy (non-hydrogen) atoms. The molecule has 0 radical (unpaired) electrons. The predicted molar refractivity (Wildman–Crippen MR) is 132 cm³/mol. The van der Waals surface area contributed by atoms with Crippen LogP contribution in [0.2, 0.25) is 0 Å². The van der Waals surface area contributed by atoms with Gasteiger partial charge in [-0.2, -0.15) is 4.31 Å². The highest BCUT2D eigenvalue weighted by atomic mass is 32.2. The van der Waals surface area contributed by atoms with Crippen LogP contribution < -0.4 is 10.0 Å². The van der Waals surface area contributed by atoms with Gasteiger partial charge in [0, 0.05) is 36.7 Å². The molecule has 1 fully saturated rings. The van der Waals surface area contributed by atoms with E-state index >= 15 is 0 Å². The maximum Gasteiger partial charge on any atom is 0.264 e. The molecule has 1 saturated heterocycles. The first kappa shape index (κ1) is 25.7. The van der Waals surface area contributed by atoms with E-state index in [-0.39, 0.29) is 46.6 Å². The van der Waals surface area contributed by atoms with Gasteiger partial charge >= 0.3 is 0 Å². The van der Waals surface area contributed by atoms with E-state index in [1.807, 2.05) is 13.8 Å². The molecule has 1 aliphatic rings. The van der Waals surface area contributed by atoms with E-state index in [9.17, 15) is 21.6 Å². The zero-order valence-electron chi connectivity index (χ0n) is 19.5. The quantitative estimate of drug-likeness (QED) is 0.472. The molecule has 13 heteroatoms. The Balaban J connectivity index is 1.42. The first-order valence-corrected chi connectivity index (χ1v) is 13.9. The number of hydrogen-bond donors (Lipinski definition) is 2. The van der Waals surface area contributed by atoms with Gasteiger partial charge in [0.1, 0.15) is 0 Å². The molecule has 1 aromatic heterocycles. The van der Waals surface area contributed by atoms with Crippen molar-refractivity contribution in [1.29, 1.82) is 0 Å². The van der Waals surface area contributed by atoms with Gasteiger partial charge in [0.25, 0.3) is 15.9 Å². The summed E-state index contributed by atoms with van der Waals surface area (Å²) in [6.45, 7) is 4.16. The highest BCUT2D eigenvalue weighted by Crippen LogP contribution is 2.22.